The highest BCUT2D eigenvalue weighted by Crippen LogP contribution is 2.19. The van der Waals surface area contributed by atoms with E-state index in [1.54, 1.807) is 18.2 Å². The second kappa shape index (κ2) is 5.13. The van der Waals surface area contributed by atoms with Gasteiger partial charge >= 0.3 is 6.03 Å². The Balaban J connectivity index is 2.96. The Morgan fingerprint density at radius 2 is 2.00 bits per heavy atom. The molecule has 0 saturated carbocycles. The molecule has 0 heterocycles. The number of nitrogens with two attached hydrogens (primary N) is 2. The monoisotopic (exact) mass is 259 g/mol. The number of urea groups is 1. The highest BCUT2D eigenvalue weighted by atomic mass is 32.2. The molecule has 0 aliphatic heterocycles. The Labute approximate surface area is 99.0 Å². The molecule has 0 unspecified atom stereocenters. The van der Waals surface area contributed by atoms with Gasteiger partial charge in [-0.2, -0.15) is 8.42 Å². The lowest BCUT2D eigenvalue weighted by Crippen LogP contribution is -2.42. The maximum atomic E-state index is 10.9. The van der Waals surface area contributed by atoms with E-state index in [-0.39, 0.29) is 6.61 Å². The van der Waals surface area contributed by atoms with E-state index >= 15 is 0 Å². The lowest BCUT2D eigenvalue weighted by atomic mass is 10.2. The summed E-state index contributed by atoms with van der Waals surface area (Å²) >= 11 is 0. The van der Waals surface area contributed by atoms with E-state index in [1.165, 1.54) is 6.07 Å². The third-order valence-electron chi connectivity index (χ3n) is 1.92. The van der Waals surface area contributed by atoms with Crippen molar-refractivity contribution in [3.63, 3.8) is 0 Å². The highest BCUT2D eigenvalue weighted by molar-refractivity contribution is 7.85. The first-order chi connectivity index (χ1) is 7.81. The quantitative estimate of drug-likeness (QED) is 0.339. The van der Waals surface area contributed by atoms with Crippen LogP contribution in [0.5, 0.6) is 0 Å². The summed E-state index contributed by atoms with van der Waals surface area (Å²) in [5.41, 5.74) is 5.76. The third kappa shape index (κ3) is 4.02. The van der Waals surface area contributed by atoms with Crippen LogP contribution in [-0.2, 0) is 20.9 Å². The Hall–Kier alpha value is -1.64. The van der Waals surface area contributed by atoms with Crippen LogP contribution < -0.4 is 16.6 Å². The van der Waals surface area contributed by atoms with E-state index in [1.807, 2.05) is 0 Å². The van der Waals surface area contributed by atoms with Crippen LogP contribution in [0.1, 0.15) is 5.56 Å². The molecule has 0 aliphatic carbocycles. The summed E-state index contributed by atoms with van der Waals surface area (Å²) in [5.74, 6) is 5.43. The van der Waals surface area contributed by atoms with Gasteiger partial charge in [0.15, 0.2) is 0 Å². The summed E-state index contributed by atoms with van der Waals surface area (Å²) < 4.78 is 26.3. The predicted octanol–water partition coefficient (Wildman–Crippen LogP) is -0.0784. The van der Waals surface area contributed by atoms with Crippen molar-refractivity contribution in [3.8, 4) is 0 Å². The van der Waals surface area contributed by atoms with E-state index in [9.17, 15) is 13.2 Å². The van der Waals surface area contributed by atoms with Crippen LogP contribution in [0.2, 0.25) is 0 Å². The van der Waals surface area contributed by atoms with Gasteiger partial charge in [0, 0.05) is 5.56 Å². The minimum absolute atomic E-state index is 0.212. The minimum Gasteiger partial charge on any atom is -0.350 e. The molecule has 0 aliphatic rings. The molecule has 0 radical (unpaired) electrons. The van der Waals surface area contributed by atoms with Gasteiger partial charge in [0.05, 0.1) is 18.6 Å². The first kappa shape index (κ1) is 13.4. The van der Waals surface area contributed by atoms with Crippen LogP contribution in [0.25, 0.3) is 0 Å². The van der Waals surface area contributed by atoms with Crippen molar-refractivity contribution in [3.05, 3.63) is 29.8 Å². The largest absolute Gasteiger partial charge is 0.350 e. The van der Waals surface area contributed by atoms with Crippen molar-refractivity contribution < 1.29 is 17.4 Å². The zero-order valence-electron chi connectivity index (χ0n) is 9.16. The number of hydrazine groups is 1. The molecule has 2 amide bonds. The number of benzene rings is 1. The van der Waals surface area contributed by atoms with Gasteiger partial charge in [-0.3, -0.25) is 4.18 Å². The molecule has 1 aromatic carbocycles. The van der Waals surface area contributed by atoms with E-state index in [2.05, 4.69) is 4.18 Å². The average Bonchev–Trinajstić information content (AvgIpc) is 2.24. The lowest BCUT2D eigenvalue weighted by Gasteiger charge is -2.17. The minimum atomic E-state index is -3.56. The van der Waals surface area contributed by atoms with E-state index < -0.39 is 16.1 Å². The number of hydrogen-bond acceptors (Lipinski definition) is 5. The van der Waals surface area contributed by atoms with Crippen molar-refractivity contribution in [1.82, 2.24) is 0 Å². The molecule has 0 atom stereocenters. The van der Waals surface area contributed by atoms with E-state index in [0.717, 1.165) is 11.3 Å². The molecule has 0 fully saturated rings. The fourth-order valence-electron chi connectivity index (χ4n) is 1.16. The van der Waals surface area contributed by atoms with Crippen LogP contribution in [0, 0.1) is 0 Å². The maximum absolute atomic E-state index is 10.9. The summed E-state index contributed by atoms with van der Waals surface area (Å²) in [5, 5.41) is 0.723. The number of hydrogen-bond donors (Lipinski definition) is 2. The standard InChI is InChI=1S/C9H13N3O4S/c1-17(14,15)16-6-7-4-2-3-5-8(7)12(11)9(10)13/h2-5H,6,11H2,1H3,(H2,10,13). The average molecular weight is 259 g/mol. The first-order valence-electron chi connectivity index (χ1n) is 4.58. The number of nitrogens with zero attached hydrogens (tertiary/aromatic N) is 1. The molecule has 0 aromatic heterocycles. The van der Waals surface area contributed by atoms with Crippen LogP contribution in [0.15, 0.2) is 24.3 Å². The van der Waals surface area contributed by atoms with Crippen LogP contribution in [0.3, 0.4) is 0 Å². The van der Waals surface area contributed by atoms with Crippen LogP contribution in [0.4, 0.5) is 10.5 Å². The molecule has 94 valence electrons. The predicted molar refractivity (Wildman–Crippen MR) is 62.3 cm³/mol. The Morgan fingerprint density at radius 1 is 1.41 bits per heavy atom. The van der Waals surface area contributed by atoms with Crippen molar-refractivity contribution >= 4 is 21.8 Å². The van der Waals surface area contributed by atoms with Crippen molar-refractivity contribution in [2.75, 3.05) is 11.3 Å². The topological polar surface area (TPSA) is 116 Å². The summed E-state index contributed by atoms with van der Waals surface area (Å²) in [6, 6.07) is 5.58. The number of carbonyl (C=O) groups excluding carboxylic acids is 1. The van der Waals surface area contributed by atoms with Gasteiger partial charge in [-0.05, 0) is 6.07 Å². The zero-order chi connectivity index (χ0) is 13.1. The van der Waals surface area contributed by atoms with E-state index in [4.69, 9.17) is 11.6 Å². The molecule has 1 aromatic rings. The highest BCUT2D eigenvalue weighted by Gasteiger charge is 2.13. The van der Waals surface area contributed by atoms with Crippen molar-refractivity contribution in [2.24, 2.45) is 11.6 Å². The molecular formula is C9H13N3O4S. The second-order valence-corrected chi connectivity index (χ2v) is 4.95. The fraction of sp³-hybridized carbons (Fsp3) is 0.222. The van der Waals surface area contributed by atoms with Gasteiger partial charge in [-0.25, -0.2) is 15.6 Å². The Morgan fingerprint density at radius 3 is 2.53 bits per heavy atom. The molecule has 7 nitrogen and oxygen atoms in total. The summed E-state index contributed by atoms with van der Waals surface area (Å²) in [7, 11) is -3.56. The Bertz CT molecular complexity index is 515. The van der Waals surface area contributed by atoms with E-state index in [0.29, 0.717) is 11.3 Å². The van der Waals surface area contributed by atoms with Gasteiger partial charge in [-0.15, -0.1) is 0 Å². The maximum Gasteiger partial charge on any atom is 0.333 e. The molecule has 0 spiro atoms. The fourth-order valence-corrected chi connectivity index (χ4v) is 1.50. The SMILES string of the molecule is CS(=O)(=O)OCc1ccccc1N(N)C(N)=O. The van der Waals surface area contributed by atoms with Crippen molar-refractivity contribution in [2.45, 2.75) is 6.61 Å². The Kier molecular flexibility index (Phi) is 4.05. The van der Waals surface area contributed by atoms with Gasteiger partial charge in [0.2, 0.25) is 0 Å². The third-order valence-corrected chi connectivity index (χ3v) is 2.46. The molecular weight excluding hydrogens is 246 g/mol. The smallest absolute Gasteiger partial charge is 0.333 e. The number of amides is 2. The molecule has 0 bridgehead atoms. The van der Waals surface area contributed by atoms with Gasteiger partial charge in [0.1, 0.15) is 0 Å². The zero-order valence-corrected chi connectivity index (χ0v) is 9.98. The normalized spacial score (nSPS) is 11.2. The molecule has 17 heavy (non-hydrogen) atoms. The summed E-state index contributed by atoms with van der Waals surface area (Å²) in [4.78, 5) is 10.9. The lowest BCUT2D eigenvalue weighted by molar-refractivity contribution is 0.254. The molecule has 8 heteroatoms. The number of carbonyl (C=O) groups is 1. The number of anilines is 1. The number of para-hydroxylation sites is 1. The van der Waals surface area contributed by atoms with Crippen LogP contribution in [-0.4, -0.2) is 20.7 Å². The van der Waals surface area contributed by atoms with Gasteiger partial charge in [-0.1, -0.05) is 18.2 Å². The summed E-state index contributed by atoms with van der Waals surface area (Å²) in [6.45, 7) is -0.212. The van der Waals surface area contributed by atoms with Gasteiger partial charge in [0.25, 0.3) is 10.1 Å². The molecule has 4 N–H and O–H groups in total. The summed E-state index contributed by atoms with van der Waals surface area (Å²) in [6.07, 6.45) is 0.934. The molecule has 1 rings (SSSR count). The van der Waals surface area contributed by atoms with Crippen LogP contribution >= 0.6 is 0 Å². The second-order valence-electron chi connectivity index (χ2n) is 3.30. The number of primary amides is 1. The van der Waals surface area contributed by atoms with Gasteiger partial charge < -0.3 is 5.73 Å². The number of rotatable bonds is 4. The molecule has 0 saturated heterocycles. The van der Waals surface area contributed by atoms with Crippen molar-refractivity contribution in [1.29, 1.82) is 0 Å². The first-order valence-corrected chi connectivity index (χ1v) is 6.39.